The van der Waals surface area contributed by atoms with Crippen LogP contribution in [0.2, 0.25) is 0 Å². The zero-order valence-electron chi connectivity index (χ0n) is 24.2. The predicted molar refractivity (Wildman–Crippen MR) is 163 cm³/mol. The van der Waals surface area contributed by atoms with E-state index in [1.807, 2.05) is 12.1 Å². The summed E-state index contributed by atoms with van der Waals surface area (Å²) in [6, 6.07) is 10.8. The molecule has 2 aromatic rings. The van der Waals surface area contributed by atoms with Crippen LogP contribution in [-0.2, 0) is 9.59 Å². The zero-order chi connectivity index (χ0) is 29.3. The summed E-state index contributed by atoms with van der Waals surface area (Å²) in [7, 11) is 0. The van der Waals surface area contributed by atoms with Crippen molar-refractivity contribution in [1.29, 1.82) is 0 Å². The number of nitrogens with one attached hydrogen (secondary N) is 2. The van der Waals surface area contributed by atoms with Gasteiger partial charge in [-0.05, 0) is 64.8 Å². The van der Waals surface area contributed by atoms with Crippen molar-refractivity contribution in [3.05, 3.63) is 47.5 Å². The highest BCUT2D eigenvalue weighted by Crippen LogP contribution is 2.24. The first-order chi connectivity index (χ1) is 19.3. The number of hydrogen-bond donors (Lipinski definition) is 4. The minimum atomic E-state index is -0.198. The van der Waals surface area contributed by atoms with Gasteiger partial charge in [-0.3, -0.25) is 9.59 Å². The van der Waals surface area contributed by atoms with Gasteiger partial charge in [0, 0.05) is 73.7 Å². The molecule has 2 aromatic carbocycles. The number of nitrogens with zero attached hydrogens (tertiary/aromatic N) is 4. The zero-order valence-corrected chi connectivity index (χ0v) is 24.2. The summed E-state index contributed by atoms with van der Waals surface area (Å²) in [5, 5.41) is 28.4. The van der Waals surface area contributed by atoms with Crippen LogP contribution in [0.15, 0.2) is 46.6 Å². The average Bonchev–Trinajstić information content (AvgIpc) is 2.94. The van der Waals surface area contributed by atoms with Crippen LogP contribution < -0.4 is 20.7 Å². The molecule has 2 amide bonds. The molecular formula is C30H44N6O4. The van der Waals surface area contributed by atoms with Gasteiger partial charge in [0.25, 0.3) is 0 Å². The maximum atomic E-state index is 12.0. The molecule has 40 heavy (non-hydrogen) atoms. The number of amides is 2. The fraction of sp³-hybridized carbons (Fsp3) is 0.467. The highest BCUT2D eigenvalue weighted by atomic mass is 16.3. The summed E-state index contributed by atoms with van der Waals surface area (Å²) >= 11 is 0. The molecule has 0 bridgehead atoms. The van der Waals surface area contributed by atoms with Crippen LogP contribution in [0.5, 0.6) is 11.5 Å². The van der Waals surface area contributed by atoms with Crippen molar-refractivity contribution in [3.8, 4) is 11.5 Å². The van der Waals surface area contributed by atoms with Crippen LogP contribution in [-0.4, -0.2) is 60.6 Å². The van der Waals surface area contributed by atoms with Crippen molar-refractivity contribution >= 4 is 35.6 Å². The average molecular weight is 553 g/mol. The van der Waals surface area contributed by atoms with Gasteiger partial charge in [0.05, 0.1) is 12.4 Å². The van der Waals surface area contributed by atoms with Gasteiger partial charge in [-0.15, -0.1) is 0 Å². The monoisotopic (exact) mass is 552 g/mol. The molecule has 0 saturated heterocycles. The van der Waals surface area contributed by atoms with E-state index in [0.717, 1.165) is 50.4 Å². The van der Waals surface area contributed by atoms with Crippen LogP contribution >= 0.6 is 0 Å². The molecule has 2 rings (SSSR count). The van der Waals surface area contributed by atoms with Crippen molar-refractivity contribution in [1.82, 2.24) is 10.9 Å². The molecule has 10 heteroatoms. The smallest absolute Gasteiger partial charge is 0.240 e. The van der Waals surface area contributed by atoms with Crippen LogP contribution in [0.1, 0.15) is 77.3 Å². The number of carbonyl (C=O) groups is 2. The van der Waals surface area contributed by atoms with Crippen molar-refractivity contribution in [2.24, 2.45) is 10.2 Å². The van der Waals surface area contributed by atoms with E-state index in [4.69, 9.17) is 0 Å². The highest BCUT2D eigenvalue weighted by molar-refractivity contribution is 5.86. The van der Waals surface area contributed by atoms with Gasteiger partial charge in [0.15, 0.2) is 0 Å². The molecule has 0 atom stereocenters. The number of hydrogen-bond acceptors (Lipinski definition) is 8. The lowest BCUT2D eigenvalue weighted by molar-refractivity contribution is -0.122. The minimum Gasteiger partial charge on any atom is -0.507 e. The molecular weight excluding hydrogens is 508 g/mol. The lowest BCUT2D eigenvalue weighted by Gasteiger charge is -2.21. The van der Waals surface area contributed by atoms with Crippen LogP contribution in [0, 0.1) is 0 Å². The normalized spacial score (nSPS) is 11.2. The number of unbranched alkanes of at least 4 members (excludes halogenated alkanes) is 3. The van der Waals surface area contributed by atoms with Crippen molar-refractivity contribution in [2.45, 2.75) is 66.2 Å². The third kappa shape index (κ3) is 10.6. The van der Waals surface area contributed by atoms with Crippen LogP contribution in [0.25, 0.3) is 0 Å². The first kappa shape index (κ1) is 32.1. The Bertz CT molecular complexity index is 1050. The van der Waals surface area contributed by atoms with Gasteiger partial charge < -0.3 is 20.0 Å². The Morgan fingerprint density at radius 3 is 1.38 bits per heavy atom. The third-order valence-corrected chi connectivity index (χ3v) is 6.63. The largest absolute Gasteiger partial charge is 0.507 e. The summed E-state index contributed by atoms with van der Waals surface area (Å²) in [5.74, 6) is -0.175. The molecule has 218 valence electrons. The number of phenols is 2. The van der Waals surface area contributed by atoms with Crippen LogP contribution in [0.4, 0.5) is 11.4 Å². The van der Waals surface area contributed by atoms with Gasteiger partial charge in [0.2, 0.25) is 11.8 Å². The number of rotatable bonds is 17. The van der Waals surface area contributed by atoms with Gasteiger partial charge in [-0.2, -0.15) is 10.2 Å². The summed E-state index contributed by atoms with van der Waals surface area (Å²) in [6.07, 6.45) is 6.53. The Labute approximate surface area is 237 Å². The molecule has 0 spiro atoms. The summed E-state index contributed by atoms with van der Waals surface area (Å²) in [4.78, 5) is 28.3. The molecule has 0 aliphatic heterocycles. The highest BCUT2D eigenvalue weighted by Gasteiger charge is 2.07. The van der Waals surface area contributed by atoms with Crippen molar-refractivity contribution in [3.63, 3.8) is 0 Å². The topological polar surface area (TPSA) is 130 Å². The Morgan fingerprint density at radius 1 is 0.675 bits per heavy atom. The maximum absolute atomic E-state index is 12.0. The van der Waals surface area contributed by atoms with Gasteiger partial charge in [-0.25, -0.2) is 10.9 Å². The van der Waals surface area contributed by atoms with Gasteiger partial charge in [0.1, 0.15) is 11.5 Å². The van der Waals surface area contributed by atoms with E-state index < -0.39 is 0 Å². The molecule has 0 aliphatic rings. The molecule has 0 unspecified atom stereocenters. The summed E-state index contributed by atoms with van der Waals surface area (Å²) in [5.41, 5.74) is 7.92. The van der Waals surface area contributed by atoms with E-state index in [1.54, 1.807) is 24.3 Å². The molecule has 0 saturated carbocycles. The van der Waals surface area contributed by atoms with Gasteiger partial charge in [-0.1, -0.05) is 12.8 Å². The third-order valence-electron chi connectivity index (χ3n) is 6.63. The molecule has 10 nitrogen and oxygen atoms in total. The van der Waals surface area contributed by atoms with E-state index in [-0.39, 0.29) is 23.3 Å². The predicted octanol–water partition coefficient (Wildman–Crippen LogP) is 4.73. The Morgan fingerprint density at radius 2 is 1.05 bits per heavy atom. The van der Waals surface area contributed by atoms with Crippen molar-refractivity contribution < 1.29 is 19.8 Å². The fourth-order valence-corrected chi connectivity index (χ4v) is 4.24. The van der Waals surface area contributed by atoms with Crippen LogP contribution in [0.3, 0.4) is 0 Å². The van der Waals surface area contributed by atoms with E-state index in [0.29, 0.717) is 36.8 Å². The number of hydrazone groups is 2. The summed E-state index contributed by atoms with van der Waals surface area (Å²) < 4.78 is 0. The Kier molecular flexibility index (Phi) is 14.1. The Hall–Kier alpha value is -4.08. The van der Waals surface area contributed by atoms with E-state index in [9.17, 15) is 19.8 Å². The molecule has 4 N–H and O–H groups in total. The quantitative estimate of drug-likeness (QED) is 0.128. The lowest BCUT2D eigenvalue weighted by Crippen LogP contribution is -2.21. The number of carbonyl (C=O) groups excluding carboxylic acids is 2. The first-order valence-electron chi connectivity index (χ1n) is 14.1. The minimum absolute atomic E-state index is 0.111. The summed E-state index contributed by atoms with van der Waals surface area (Å²) in [6.45, 7) is 11.6. The number of aromatic hydroxyl groups is 2. The second-order valence-corrected chi connectivity index (χ2v) is 9.33. The molecule has 0 aliphatic carbocycles. The van der Waals surface area contributed by atoms with E-state index >= 15 is 0 Å². The van der Waals surface area contributed by atoms with E-state index in [1.165, 1.54) is 12.4 Å². The second-order valence-electron chi connectivity index (χ2n) is 9.33. The SMILES string of the molecule is CCN(CC)c1ccc(C=NNC(=O)CCCCCCC(=O)NN=Cc2ccc(N(CC)CC)cc2O)c(O)c1. The molecule has 0 aromatic heterocycles. The number of benzene rings is 2. The fourth-order valence-electron chi connectivity index (χ4n) is 4.24. The maximum Gasteiger partial charge on any atom is 0.240 e. The molecule has 0 heterocycles. The van der Waals surface area contributed by atoms with Crippen molar-refractivity contribution in [2.75, 3.05) is 36.0 Å². The van der Waals surface area contributed by atoms with Gasteiger partial charge >= 0.3 is 0 Å². The number of anilines is 2. The van der Waals surface area contributed by atoms with E-state index in [2.05, 4.69) is 58.5 Å². The molecule has 0 radical (unpaired) electrons. The Balaban J connectivity index is 1.61. The molecule has 0 fully saturated rings. The first-order valence-corrected chi connectivity index (χ1v) is 14.1. The second kappa shape index (κ2) is 17.5. The standard InChI is InChI=1S/C30H44N6O4/c1-5-35(6-2)25-17-15-23(27(37)19-25)21-31-33-29(39)13-11-9-10-12-14-30(40)34-32-22-24-16-18-26(20-28(24)38)36(7-3)8-4/h15-22,37-38H,5-14H2,1-4H3,(H,33,39)(H,34,40). The lowest BCUT2D eigenvalue weighted by atomic mass is 10.1. The number of phenolic OH excluding ortho intramolecular Hbond substituents is 2.